The molecule has 0 aliphatic heterocycles. The maximum absolute atomic E-state index is 11.5. The van der Waals surface area contributed by atoms with Crippen LogP contribution >= 0.6 is 0 Å². The van der Waals surface area contributed by atoms with Crippen molar-refractivity contribution >= 4 is 37.4 Å². The van der Waals surface area contributed by atoms with Gasteiger partial charge in [-0.3, -0.25) is 0 Å². The fourth-order valence-corrected chi connectivity index (χ4v) is 17.8. The predicted octanol–water partition coefficient (Wildman–Crippen LogP) is 8.58. The van der Waals surface area contributed by atoms with Crippen LogP contribution in [0.4, 0.5) is 0 Å². The summed E-state index contributed by atoms with van der Waals surface area (Å²) in [5, 5.41) is 27.8. The van der Waals surface area contributed by atoms with Gasteiger partial charge in [0, 0.05) is 25.0 Å². The molecule has 0 aromatic heterocycles. The Hall–Kier alpha value is -2.85. The van der Waals surface area contributed by atoms with Gasteiger partial charge in [0.15, 0.2) is 0 Å². The van der Waals surface area contributed by atoms with Crippen LogP contribution < -0.4 is 20.7 Å². The van der Waals surface area contributed by atoms with E-state index in [0.717, 1.165) is 6.42 Å². The van der Waals surface area contributed by atoms with Gasteiger partial charge in [-0.2, -0.15) is 0 Å². The number of rotatable bonds is 18. The lowest BCUT2D eigenvalue weighted by molar-refractivity contribution is 0.0489. The van der Waals surface area contributed by atoms with Crippen molar-refractivity contribution < 1.29 is 19.1 Å². The van der Waals surface area contributed by atoms with Crippen LogP contribution in [-0.4, -0.2) is 52.3 Å². The molecular weight excluding hydrogens is 685 g/mol. The minimum absolute atomic E-state index is 0.0151. The highest BCUT2D eigenvalue weighted by molar-refractivity contribution is 7.00. The molecule has 0 saturated carbocycles. The molecule has 0 aliphatic carbocycles. The zero-order valence-electron chi connectivity index (χ0n) is 34.3. The van der Waals surface area contributed by atoms with E-state index in [2.05, 4.69) is 191 Å². The van der Waals surface area contributed by atoms with Crippen molar-refractivity contribution in [1.82, 2.24) is 0 Å². The van der Waals surface area contributed by atoms with Gasteiger partial charge in [0.25, 0.3) is 16.6 Å². The first-order valence-corrected chi connectivity index (χ1v) is 23.7. The molecular formula is C47H68O4Si2. The van der Waals surface area contributed by atoms with E-state index in [1.165, 1.54) is 20.7 Å². The molecule has 2 N–H and O–H groups in total. The molecule has 0 aliphatic rings. The van der Waals surface area contributed by atoms with Gasteiger partial charge in [-0.05, 0) is 61.9 Å². The Kier molecular flexibility index (Phi) is 15.1. The van der Waals surface area contributed by atoms with Crippen LogP contribution in [0.2, 0.25) is 10.1 Å². The Morgan fingerprint density at radius 3 is 0.906 bits per heavy atom. The molecule has 6 atom stereocenters. The Morgan fingerprint density at radius 1 is 0.434 bits per heavy atom. The first-order chi connectivity index (χ1) is 25.0. The highest BCUT2D eigenvalue weighted by Crippen LogP contribution is 2.39. The fourth-order valence-electron chi connectivity index (χ4n) is 8.43. The van der Waals surface area contributed by atoms with E-state index in [9.17, 15) is 10.2 Å². The summed E-state index contributed by atoms with van der Waals surface area (Å²) in [6, 6.07) is 42.8. The third kappa shape index (κ3) is 10.3. The van der Waals surface area contributed by atoms with E-state index in [4.69, 9.17) is 8.85 Å². The van der Waals surface area contributed by atoms with Gasteiger partial charge in [0.2, 0.25) is 0 Å². The zero-order chi connectivity index (χ0) is 38.9. The van der Waals surface area contributed by atoms with Gasteiger partial charge in [0.05, 0.1) is 12.2 Å². The molecule has 53 heavy (non-hydrogen) atoms. The molecule has 0 unspecified atom stereocenters. The van der Waals surface area contributed by atoms with E-state index in [1.807, 2.05) is 0 Å². The van der Waals surface area contributed by atoms with Gasteiger partial charge >= 0.3 is 0 Å². The largest absolute Gasteiger partial charge is 0.407 e. The van der Waals surface area contributed by atoms with Crippen LogP contribution in [0.15, 0.2) is 121 Å². The van der Waals surface area contributed by atoms with Crippen molar-refractivity contribution in [2.45, 2.75) is 111 Å². The minimum Gasteiger partial charge on any atom is -0.407 e. The number of aliphatic hydroxyl groups is 2. The van der Waals surface area contributed by atoms with E-state index in [0.29, 0.717) is 37.9 Å². The van der Waals surface area contributed by atoms with Crippen molar-refractivity contribution in [3.63, 3.8) is 0 Å². The molecule has 0 fully saturated rings. The SMILES string of the molecule is C[C@H](C[C@H](C)C[C@@H](O)[C@H](C)CO[Si](c1ccccc1)(c1ccccc1)C(C)(C)C)C[C@@H](O)[C@H](C)CO[Si](c1ccccc1)(c1ccccc1)C(C)(C)C. The van der Waals surface area contributed by atoms with Crippen molar-refractivity contribution in [2.75, 3.05) is 13.2 Å². The van der Waals surface area contributed by atoms with Crippen LogP contribution in [0.1, 0.15) is 88.5 Å². The van der Waals surface area contributed by atoms with Gasteiger partial charge in [-0.1, -0.05) is 191 Å². The molecule has 0 heterocycles. The lowest BCUT2D eigenvalue weighted by Crippen LogP contribution is -2.67. The smallest absolute Gasteiger partial charge is 0.261 e. The standard InChI is InChI=1S/C47H68O4Si2/c1-36(32-44(48)38(3)34-50-52(46(5,6)7,40-23-15-11-16-24-40)41-25-17-12-18-26-41)31-37(2)33-45(49)39(4)35-51-53(47(8,9)10,42-27-19-13-20-28-42)43-29-21-14-22-30-43/h11-30,36-39,44-45,48-49H,31-35H2,1-10H3/t36-,37+,38-,39-,44-,45-/m1/s1. The van der Waals surface area contributed by atoms with Crippen molar-refractivity contribution in [3.8, 4) is 0 Å². The third-order valence-electron chi connectivity index (χ3n) is 11.4. The Bertz CT molecular complexity index is 1420. The summed E-state index contributed by atoms with van der Waals surface area (Å²) in [5.74, 6) is 0.592. The monoisotopic (exact) mass is 752 g/mol. The zero-order valence-corrected chi connectivity index (χ0v) is 36.3. The maximum atomic E-state index is 11.5. The first-order valence-electron chi connectivity index (χ1n) is 19.9. The van der Waals surface area contributed by atoms with Crippen LogP contribution in [0, 0.1) is 23.7 Å². The van der Waals surface area contributed by atoms with Crippen LogP contribution in [0.5, 0.6) is 0 Å². The second-order valence-corrected chi connectivity index (χ2v) is 26.6. The summed E-state index contributed by atoms with van der Waals surface area (Å²) in [5.41, 5.74) is 0. The van der Waals surface area contributed by atoms with Gasteiger partial charge in [-0.15, -0.1) is 0 Å². The van der Waals surface area contributed by atoms with Crippen LogP contribution in [0.25, 0.3) is 0 Å². The Morgan fingerprint density at radius 2 is 0.679 bits per heavy atom. The van der Waals surface area contributed by atoms with E-state index in [1.54, 1.807) is 0 Å². The van der Waals surface area contributed by atoms with Gasteiger partial charge in [0.1, 0.15) is 0 Å². The van der Waals surface area contributed by atoms with Crippen molar-refractivity contribution in [2.24, 2.45) is 23.7 Å². The number of hydrogen-bond acceptors (Lipinski definition) is 4. The Labute approximate surface area is 324 Å². The highest BCUT2D eigenvalue weighted by atomic mass is 28.4. The molecule has 288 valence electrons. The van der Waals surface area contributed by atoms with E-state index < -0.39 is 28.8 Å². The third-order valence-corrected chi connectivity index (χ3v) is 21.4. The number of benzene rings is 4. The highest BCUT2D eigenvalue weighted by Gasteiger charge is 2.51. The van der Waals surface area contributed by atoms with Crippen LogP contribution in [-0.2, 0) is 8.85 Å². The van der Waals surface area contributed by atoms with Crippen molar-refractivity contribution in [1.29, 1.82) is 0 Å². The lowest BCUT2D eigenvalue weighted by Gasteiger charge is -2.44. The molecule has 0 radical (unpaired) electrons. The molecule has 0 amide bonds. The summed E-state index contributed by atoms with van der Waals surface area (Å²) in [6.07, 6.45) is 1.41. The second kappa shape index (κ2) is 18.7. The molecule has 4 aromatic carbocycles. The van der Waals surface area contributed by atoms with Gasteiger partial charge in [-0.25, -0.2) is 0 Å². The van der Waals surface area contributed by atoms with E-state index >= 15 is 0 Å². The summed E-state index contributed by atoms with van der Waals surface area (Å²) in [4.78, 5) is 0. The van der Waals surface area contributed by atoms with Gasteiger partial charge < -0.3 is 19.1 Å². The van der Waals surface area contributed by atoms with Crippen LogP contribution in [0.3, 0.4) is 0 Å². The summed E-state index contributed by atoms with van der Waals surface area (Å²) in [6.45, 7) is 23.5. The average Bonchev–Trinajstić information content (AvgIpc) is 3.12. The minimum atomic E-state index is -2.67. The molecule has 6 heteroatoms. The summed E-state index contributed by atoms with van der Waals surface area (Å²) < 4.78 is 14.3. The quantitative estimate of drug-likeness (QED) is 0.100. The van der Waals surface area contributed by atoms with E-state index in [-0.39, 0.29) is 21.9 Å². The summed E-state index contributed by atoms with van der Waals surface area (Å²) >= 11 is 0. The predicted molar refractivity (Wildman–Crippen MR) is 230 cm³/mol. The summed E-state index contributed by atoms with van der Waals surface area (Å²) in [7, 11) is -5.34. The molecule has 4 nitrogen and oxygen atoms in total. The molecule has 0 spiro atoms. The normalized spacial score (nSPS) is 16.4. The fraction of sp³-hybridized carbons (Fsp3) is 0.489. The average molecular weight is 753 g/mol. The second-order valence-electron chi connectivity index (χ2n) is 18.0. The molecule has 4 aromatic rings. The van der Waals surface area contributed by atoms with Crippen molar-refractivity contribution in [3.05, 3.63) is 121 Å². The lowest BCUT2D eigenvalue weighted by atomic mass is 9.85. The number of hydrogen-bond donors (Lipinski definition) is 2. The molecule has 4 rings (SSSR count). The first kappa shape index (κ1) is 42.9. The Balaban J connectivity index is 1.36. The molecule has 0 bridgehead atoms. The molecule has 0 saturated heterocycles. The maximum Gasteiger partial charge on any atom is 0.261 e. The topological polar surface area (TPSA) is 58.9 Å². The number of aliphatic hydroxyl groups excluding tert-OH is 2.